The molecule has 8 unspecified atom stereocenters. The number of hydrogen-bond donors (Lipinski definition) is 6. The quantitative estimate of drug-likeness (QED) is 0.0633. The molecule has 2 aromatic heterocycles. The monoisotopic (exact) mass is 1210 g/mol. The van der Waals surface area contributed by atoms with E-state index in [0.717, 1.165) is 88.2 Å². The molecule has 0 radical (unpaired) electrons. The Labute approximate surface area is 511 Å². The lowest BCUT2D eigenvalue weighted by molar-refractivity contribution is -0.144. The van der Waals surface area contributed by atoms with E-state index in [1.807, 2.05) is 104 Å². The van der Waals surface area contributed by atoms with Gasteiger partial charge in [-0.3, -0.25) is 33.6 Å². The Morgan fingerprint density at radius 3 is 1.62 bits per heavy atom. The first-order valence-corrected chi connectivity index (χ1v) is 30.6. The fourth-order valence-corrected chi connectivity index (χ4v) is 13.0. The van der Waals surface area contributed by atoms with Crippen LogP contribution in [-0.2, 0) is 73.6 Å². The zero-order valence-electron chi connectivity index (χ0n) is 50.6. The van der Waals surface area contributed by atoms with Crippen LogP contribution in [0.5, 0.6) is 11.5 Å². The van der Waals surface area contributed by atoms with Crippen LogP contribution in [0.3, 0.4) is 0 Å². The number of methoxy groups -OCH3 is 2. The third-order valence-corrected chi connectivity index (χ3v) is 17.9. The molecule has 5 aliphatic rings. The topological polar surface area (TPSA) is 312 Å². The van der Waals surface area contributed by atoms with Crippen molar-refractivity contribution in [1.82, 2.24) is 70.9 Å². The van der Waals surface area contributed by atoms with Gasteiger partial charge in [0.25, 0.3) is 0 Å². The van der Waals surface area contributed by atoms with E-state index < -0.39 is 30.2 Å². The number of fused-ring (bicyclic) bond motifs is 4. The number of carbonyl (C=O) groups excluding carboxylic acids is 7. The van der Waals surface area contributed by atoms with E-state index in [4.69, 9.17) is 20.9 Å². The molecule has 11 rings (SSSR count). The van der Waals surface area contributed by atoms with Gasteiger partial charge in [0.1, 0.15) is 40.7 Å². The minimum absolute atomic E-state index is 0.00727. The first-order valence-electron chi connectivity index (χ1n) is 30.6. The van der Waals surface area contributed by atoms with Crippen LogP contribution in [0.2, 0.25) is 0 Å². The minimum atomic E-state index is -0.945. The van der Waals surface area contributed by atoms with Crippen LogP contribution in [0.25, 0.3) is 22.1 Å². The SMILES string of the molecule is COc1ccc(CC2CC(C(=O)NCc3ccc4c(c3)nnn4C)N(C(=O)C(N)CCC(=O)N3C4CCC3C(=O)NC4)C2)cc1.COc1ccc(CC2CC(C(=O)NCc3ccc4c(c3)nnn4C)N(C(=O)C(N)CCC(=O)N3CCCNCC3)C2)cc1. The van der Waals surface area contributed by atoms with Gasteiger partial charge in [-0.2, -0.15) is 0 Å². The van der Waals surface area contributed by atoms with Crippen molar-refractivity contribution < 1.29 is 43.0 Å². The second kappa shape index (κ2) is 28.5. The van der Waals surface area contributed by atoms with Gasteiger partial charge in [-0.1, -0.05) is 46.8 Å². The van der Waals surface area contributed by atoms with Crippen molar-refractivity contribution in [3.8, 4) is 11.5 Å². The number of likely N-dealkylation sites (tertiary alicyclic amines) is 2. The lowest BCUT2D eigenvalue weighted by Gasteiger charge is -2.34. The first kappa shape index (κ1) is 62.5. The Hall–Kier alpha value is -8.55. The van der Waals surface area contributed by atoms with E-state index in [1.165, 1.54) is 0 Å². The maximum absolute atomic E-state index is 13.7. The van der Waals surface area contributed by atoms with Gasteiger partial charge in [0.2, 0.25) is 41.4 Å². The second-order valence-electron chi connectivity index (χ2n) is 23.9. The highest BCUT2D eigenvalue weighted by Crippen LogP contribution is 2.32. The predicted octanol–water partition coefficient (Wildman–Crippen LogP) is 1.63. The van der Waals surface area contributed by atoms with Crippen molar-refractivity contribution in [3.05, 3.63) is 107 Å². The molecule has 468 valence electrons. The molecule has 25 nitrogen and oxygen atoms in total. The molecule has 8 atom stereocenters. The molecule has 8 N–H and O–H groups in total. The number of hydrogen-bond acceptors (Lipinski definition) is 16. The van der Waals surface area contributed by atoms with E-state index in [2.05, 4.69) is 41.9 Å². The van der Waals surface area contributed by atoms with Crippen LogP contribution in [0, 0.1) is 11.8 Å². The molecule has 25 heteroatoms. The number of rotatable bonds is 20. The molecule has 5 fully saturated rings. The molecule has 0 spiro atoms. The molecular weight excluding hydrogens is 1120 g/mol. The summed E-state index contributed by atoms with van der Waals surface area (Å²) < 4.78 is 13.9. The van der Waals surface area contributed by atoms with Gasteiger partial charge in [-0.25, -0.2) is 9.36 Å². The van der Waals surface area contributed by atoms with Crippen molar-refractivity contribution >= 4 is 63.4 Å². The number of nitrogens with two attached hydrogens (primary N) is 2. The standard InChI is InChI=1S/C32H40N8O5.C31H42N8O4/c1-38-26-10-5-20(14-25(26)36-37-38)16-34-31(43)28-15-21(13-19-3-7-23(45-2)8-4-19)18-39(28)32(44)24(33)9-12-29(41)40-22-6-11-27(40)30(42)35-17-22;1-37-27-10-6-22(17-26(27)35-36-37)19-34-30(41)28-18-23(16-21-4-7-24(43-2)8-5-21)20-39(28)31(42)25(32)9-11-29(40)38-14-3-12-33-13-15-38/h3-5,7-8,10,14,21-22,24,27-28H,6,9,11-13,15-18,33H2,1-2H3,(H,34,43)(H,35,42);4-8,10,17,23,25,28,33H,3,9,11-16,18-20,32H2,1-2H3,(H,34,41). The van der Waals surface area contributed by atoms with E-state index in [1.54, 1.807) is 38.3 Å². The van der Waals surface area contributed by atoms with Gasteiger partial charge >= 0.3 is 0 Å². The van der Waals surface area contributed by atoms with Gasteiger partial charge in [-0.05, 0) is 147 Å². The maximum atomic E-state index is 13.7. The molecule has 0 saturated carbocycles. The summed E-state index contributed by atoms with van der Waals surface area (Å²) in [6, 6.07) is 23.5. The Balaban J connectivity index is 0.000000195. The lowest BCUT2D eigenvalue weighted by atomic mass is 9.96. The van der Waals surface area contributed by atoms with Crippen molar-refractivity contribution in [2.24, 2.45) is 37.4 Å². The minimum Gasteiger partial charge on any atom is -0.497 e. The summed E-state index contributed by atoms with van der Waals surface area (Å²) in [6.07, 6.45) is 5.43. The molecule has 5 aliphatic heterocycles. The van der Waals surface area contributed by atoms with Gasteiger partial charge in [0, 0.05) is 85.3 Å². The van der Waals surface area contributed by atoms with Crippen molar-refractivity contribution in [2.45, 2.75) is 120 Å². The Morgan fingerprint density at radius 2 is 1.12 bits per heavy atom. The molecule has 88 heavy (non-hydrogen) atoms. The fraction of sp³-hybridized carbons (Fsp3) is 0.508. The predicted molar refractivity (Wildman–Crippen MR) is 326 cm³/mol. The zero-order valence-corrected chi connectivity index (χ0v) is 50.6. The van der Waals surface area contributed by atoms with Crippen LogP contribution in [-0.4, -0.2) is 187 Å². The Morgan fingerprint density at radius 1 is 0.636 bits per heavy atom. The summed E-state index contributed by atoms with van der Waals surface area (Å²) in [5.41, 5.74) is 20.0. The second-order valence-corrected chi connectivity index (χ2v) is 23.9. The first-order chi connectivity index (χ1) is 42.5. The van der Waals surface area contributed by atoms with Crippen LogP contribution >= 0.6 is 0 Å². The Bertz CT molecular complexity index is 3460. The summed E-state index contributed by atoms with van der Waals surface area (Å²) in [7, 11) is 6.90. The molecule has 2 bridgehead atoms. The van der Waals surface area contributed by atoms with E-state index >= 15 is 0 Å². The van der Waals surface area contributed by atoms with Gasteiger partial charge < -0.3 is 61.8 Å². The summed E-state index contributed by atoms with van der Waals surface area (Å²) in [5, 5.41) is 28.6. The number of piperazine rings is 1. The molecule has 7 amide bonds. The van der Waals surface area contributed by atoms with E-state index in [9.17, 15) is 33.6 Å². The highest BCUT2D eigenvalue weighted by atomic mass is 16.5. The average Bonchev–Trinajstić information content (AvgIpc) is 2.61. The summed E-state index contributed by atoms with van der Waals surface area (Å²) >= 11 is 0. The smallest absolute Gasteiger partial charge is 0.243 e. The van der Waals surface area contributed by atoms with Gasteiger partial charge in [0.05, 0.1) is 37.3 Å². The maximum Gasteiger partial charge on any atom is 0.243 e. The fourth-order valence-electron chi connectivity index (χ4n) is 13.0. The molecular formula is C63H82N16O9. The largest absolute Gasteiger partial charge is 0.497 e. The molecule has 7 heterocycles. The third kappa shape index (κ3) is 14.9. The number of aromatic nitrogens is 6. The van der Waals surface area contributed by atoms with Crippen LogP contribution in [0.4, 0.5) is 0 Å². The highest BCUT2D eigenvalue weighted by molar-refractivity contribution is 5.93. The van der Waals surface area contributed by atoms with Crippen LogP contribution in [0.1, 0.15) is 80.0 Å². The molecule has 6 aromatic rings. The number of aryl methyl sites for hydroxylation is 2. The highest BCUT2D eigenvalue weighted by Gasteiger charge is 2.46. The van der Waals surface area contributed by atoms with Gasteiger partial charge in [0.15, 0.2) is 0 Å². The summed E-state index contributed by atoms with van der Waals surface area (Å²) in [4.78, 5) is 99.4. The van der Waals surface area contributed by atoms with E-state index in [0.29, 0.717) is 65.0 Å². The number of nitrogens with zero attached hydrogens (tertiary/aromatic N) is 10. The summed E-state index contributed by atoms with van der Waals surface area (Å²) in [5.74, 6) is 0.302. The number of nitrogens with one attached hydrogen (secondary N) is 4. The van der Waals surface area contributed by atoms with E-state index in [-0.39, 0.29) is 91.5 Å². The number of benzene rings is 4. The van der Waals surface area contributed by atoms with Crippen molar-refractivity contribution in [3.63, 3.8) is 0 Å². The molecule has 4 aromatic carbocycles. The number of ether oxygens (including phenoxy) is 2. The lowest BCUT2D eigenvalue weighted by Crippen LogP contribution is -2.57. The number of carbonyl (C=O) groups is 7. The van der Waals surface area contributed by atoms with Crippen LogP contribution in [0.15, 0.2) is 84.9 Å². The normalized spacial score (nSPS) is 21.5. The number of amides is 7. The van der Waals surface area contributed by atoms with Crippen LogP contribution < -0.4 is 42.2 Å². The molecule has 5 saturated heterocycles. The van der Waals surface area contributed by atoms with Crippen molar-refractivity contribution in [2.75, 3.05) is 60.0 Å². The van der Waals surface area contributed by atoms with Gasteiger partial charge in [-0.15, -0.1) is 10.2 Å². The third-order valence-electron chi connectivity index (χ3n) is 17.9. The summed E-state index contributed by atoms with van der Waals surface area (Å²) in [6.45, 7) is 4.88. The molecule has 0 aliphatic carbocycles. The Kier molecular flexibility index (Phi) is 20.3. The zero-order chi connectivity index (χ0) is 62.0. The average molecular weight is 1210 g/mol. The van der Waals surface area contributed by atoms with Crippen molar-refractivity contribution in [1.29, 1.82) is 0 Å².